The van der Waals surface area contributed by atoms with Crippen LogP contribution in [-0.2, 0) is 4.79 Å². The van der Waals surface area contributed by atoms with Gasteiger partial charge in [0.25, 0.3) is 0 Å². The molecule has 3 nitrogen and oxygen atoms in total. The zero-order valence-electron chi connectivity index (χ0n) is 11.2. The Kier molecular flexibility index (Phi) is 2.96. The van der Waals surface area contributed by atoms with Gasteiger partial charge in [0.15, 0.2) is 0 Å². The molecule has 1 heterocycles. The predicted octanol–water partition coefficient (Wildman–Crippen LogP) is 3.31. The minimum absolute atomic E-state index is 0.0344. The molecule has 1 aliphatic carbocycles. The van der Waals surface area contributed by atoms with E-state index in [-0.39, 0.29) is 11.7 Å². The molecule has 3 rings (SSSR count). The molecule has 0 bridgehead atoms. The maximum Gasteiger partial charge on any atom is 0.250 e. The van der Waals surface area contributed by atoms with E-state index in [1.807, 2.05) is 11.8 Å². The summed E-state index contributed by atoms with van der Waals surface area (Å²) in [7, 11) is 0. The summed E-state index contributed by atoms with van der Waals surface area (Å²) in [5, 5.41) is 2.90. The number of anilines is 2. The highest BCUT2D eigenvalue weighted by molar-refractivity contribution is 6.06. The summed E-state index contributed by atoms with van der Waals surface area (Å²) in [5.74, 6) is -0.212. The van der Waals surface area contributed by atoms with Gasteiger partial charge in [0.05, 0.1) is 11.4 Å². The maximum atomic E-state index is 14.2. The maximum absolute atomic E-state index is 14.2. The summed E-state index contributed by atoms with van der Waals surface area (Å²) in [6, 6.07) is 4.88. The first-order valence-electron chi connectivity index (χ1n) is 7.06. The Balaban J connectivity index is 2.13. The Morgan fingerprint density at radius 2 is 2.05 bits per heavy atom. The largest absolute Gasteiger partial charge is 0.353 e. The first kappa shape index (κ1) is 12.5. The van der Waals surface area contributed by atoms with Gasteiger partial charge in [-0.25, -0.2) is 4.39 Å². The van der Waals surface area contributed by atoms with Crippen molar-refractivity contribution in [2.24, 2.45) is 0 Å². The van der Waals surface area contributed by atoms with Gasteiger partial charge in [-0.3, -0.25) is 4.79 Å². The van der Waals surface area contributed by atoms with Crippen molar-refractivity contribution in [2.45, 2.75) is 44.6 Å². The number of nitrogens with one attached hydrogen (secondary N) is 1. The van der Waals surface area contributed by atoms with E-state index < -0.39 is 5.54 Å². The fraction of sp³-hybridized carbons (Fsp3) is 0.533. The first-order valence-corrected chi connectivity index (χ1v) is 7.06. The number of hydrogen-bond donors (Lipinski definition) is 1. The van der Waals surface area contributed by atoms with Crippen LogP contribution >= 0.6 is 0 Å². The number of hydrogen-bond acceptors (Lipinski definition) is 2. The van der Waals surface area contributed by atoms with Gasteiger partial charge in [0.1, 0.15) is 11.4 Å². The number of fused-ring (bicyclic) bond motifs is 1. The lowest BCUT2D eigenvalue weighted by molar-refractivity contribution is -0.122. The Hall–Kier alpha value is -1.58. The molecule has 102 valence electrons. The number of rotatable bonds is 1. The number of para-hydroxylation sites is 1. The van der Waals surface area contributed by atoms with Crippen LogP contribution < -0.4 is 10.2 Å². The monoisotopic (exact) mass is 262 g/mol. The third-order valence-corrected chi connectivity index (χ3v) is 4.44. The third kappa shape index (κ3) is 1.73. The summed E-state index contributed by atoms with van der Waals surface area (Å²) in [6.45, 7) is 2.65. The van der Waals surface area contributed by atoms with Crippen LogP contribution in [0.5, 0.6) is 0 Å². The van der Waals surface area contributed by atoms with Gasteiger partial charge in [-0.05, 0) is 31.9 Å². The van der Waals surface area contributed by atoms with Gasteiger partial charge in [-0.15, -0.1) is 0 Å². The van der Waals surface area contributed by atoms with Gasteiger partial charge in [-0.1, -0.05) is 25.3 Å². The van der Waals surface area contributed by atoms with Crippen LogP contribution in [0.4, 0.5) is 15.8 Å². The van der Waals surface area contributed by atoms with Crippen LogP contribution in [0.1, 0.15) is 39.0 Å². The Morgan fingerprint density at radius 3 is 2.74 bits per heavy atom. The molecule has 4 heteroatoms. The number of halogens is 1. The van der Waals surface area contributed by atoms with E-state index in [2.05, 4.69) is 5.32 Å². The minimum Gasteiger partial charge on any atom is -0.353 e. The van der Waals surface area contributed by atoms with Crippen molar-refractivity contribution in [1.82, 2.24) is 0 Å². The number of carbonyl (C=O) groups excluding carboxylic acids is 1. The first-order chi connectivity index (χ1) is 9.19. The van der Waals surface area contributed by atoms with Crippen molar-refractivity contribution < 1.29 is 9.18 Å². The molecule has 1 aromatic carbocycles. The molecular formula is C15H19FN2O. The number of benzene rings is 1. The number of likely N-dealkylation sites (N-methyl/N-ethyl adjacent to an activating group) is 1. The molecule has 0 aromatic heterocycles. The second-order valence-electron chi connectivity index (χ2n) is 5.43. The summed E-state index contributed by atoms with van der Waals surface area (Å²) >= 11 is 0. The summed E-state index contributed by atoms with van der Waals surface area (Å²) < 4.78 is 14.2. The van der Waals surface area contributed by atoms with E-state index in [4.69, 9.17) is 0 Å². The van der Waals surface area contributed by atoms with Crippen molar-refractivity contribution in [1.29, 1.82) is 0 Å². The summed E-state index contributed by atoms with van der Waals surface area (Å²) in [6.07, 6.45) is 4.87. The molecule has 0 atom stereocenters. The van der Waals surface area contributed by atoms with Crippen LogP contribution in [0, 0.1) is 5.82 Å². The van der Waals surface area contributed by atoms with Gasteiger partial charge in [0, 0.05) is 6.54 Å². The van der Waals surface area contributed by atoms with E-state index in [0.29, 0.717) is 17.9 Å². The van der Waals surface area contributed by atoms with Gasteiger partial charge in [0.2, 0.25) is 5.91 Å². The molecule has 1 saturated carbocycles. The third-order valence-electron chi connectivity index (χ3n) is 4.44. The normalized spacial score (nSPS) is 21.2. The van der Waals surface area contributed by atoms with E-state index >= 15 is 0 Å². The second kappa shape index (κ2) is 4.51. The fourth-order valence-corrected chi connectivity index (χ4v) is 3.56. The quantitative estimate of drug-likeness (QED) is 0.842. The van der Waals surface area contributed by atoms with Gasteiger partial charge >= 0.3 is 0 Å². The topological polar surface area (TPSA) is 32.3 Å². The standard InChI is InChI=1S/C15H19FN2O/c1-2-18-13-11(16)7-6-8-12(13)17-14(19)15(18)9-4-3-5-10-15/h6-8H,2-5,9-10H2,1H3,(H,17,19). The Labute approximate surface area is 112 Å². The molecule has 0 radical (unpaired) electrons. The van der Waals surface area contributed by atoms with Crippen molar-refractivity contribution >= 4 is 17.3 Å². The summed E-state index contributed by atoms with van der Waals surface area (Å²) in [5.41, 5.74) is 0.622. The van der Waals surface area contributed by atoms with Crippen molar-refractivity contribution in [3.05, 3.63) is 24.0 Å². The fourth-order valence-electron chi connectivity index (χ4n) is 3.56. The van der Waals surface area contributed by atoms with E-state index in [1.165, 1.54) is 6.07 Å². The lowest BCUT2D eigenvalue weighted by atomic mass is 9.77. The molecule has 19 heavy (non-hydrogen) atoms. The second-order valence-corrected chi connectivity index (χ2v) is 5.43. The average Bonchev–Trinajstić information content (AvgIpc) is 2.42. The molecule has 0 unspecified atom stereocenters. The molecule has 1 amide bonds. The molecule has 1 N–H and O–H groups in total. The average molecular weight is 262 g/mol. The van der Waals surface area contributed by atoms with Crippen molar-refractivity contribution in [2.75, 3.05) is 16.8 Å². The molecule has 2 aliphatic rings. The molecule has 1 fully saturated rings. The van der Waals surface area contributed by atoms with Gasteiger partial charge < -0.3 is 10.2 Å². The molecule has 1 aromatic rings. The lowest BCUT2D eigenvalue weighted by Gasteiger charge is -2.49. The van der Waals surface area contributed by atoms with E-state index in [1.54, 1.807) is 12.1 Å². The van der Waals surface area contributed by atoms with Crippen LogP contribution in [0.2, 0.25) is 0 Å². The number of nitrogens with zero attached hydrogens (tertiary/aromatic N) is 1. The van der Waals surface area contributed by atoms with Crippen LogP contribution in [0.25, 0.3) is 0 Å². The molecule has 1 spiro atoms. The highest BCUT2D eigenvalue weighted by Gasteiger charge is 2.48. The van der Waals surface area contributed by atoms with Crippen molar-refractivity contribution in [3.63, 3.8) is 0 Å². The lowest BCUT2D eigenvalue weighted by Crippen LogP contribution is -2.61. The molecule has 1 aliphatic heterocycles. The molecule has 0 saturated heterocycles. The Morgan fingerprint density at radius 1 is 1.32 bits per heavy atom. The smallest absolute Gasteiger partial charge is 0.250 e. The summed E-state index contributed by atoms with van der Waals surface area (Å²) in [4.78, 5) is 14.5. The number of carbonyl (C=O) groups is 1. The Bertz CT molecular complexity index is 509. The predicted molar refractivity (Wildman–Crippen MR) is 73.9 cm³/mol. The van der Waals surface area contributed by atoms with Gasteiger partial charge in [-0.2, -0.15) is 0 Å². The van der Waals surface area contributed by atoms with Crippen LogP contribution in [0.3, 0.4) is 0 Å². The van der Waals surface area contributed by atoms with Crippen LogP contribution in [-0.4, -0.2) is 18.0 Å². The molecular weight excluding hydrogens is 243 g/mol. The highest BCUT2D eigenvalue weighted by Crippen LogP contribution is 2.44. The van der Waals surface area contributed by atoms with E-state index in [9.17, 15) is 9.18 Å². The zero-order valence-corrected chi connectivity index (χ0v) is 11.2. The SMILES string of the molecule is CCN1c2c(F)cccc2NC(=O)C12CCCCC2. The van der Waals surface area contributed by atoms with Crippen molar-refractivity contribution in [3.8, 4) is 0 Å². The minimum atomic E-state index is -0.539. The highest BCUT2D eigenvalue weighted by atomic mass is 19.1. The zero-order chi connectivity index (χ0) is 13.5. The van der Waals surface area contributed by atoms with E-state index in [0.717, 1.165) is 32.1 Å². The number of amides is 1. The van der Waals surface area contributed by atoms with Crippen LogP contribution in [0.15, 0.2) is 18.2 Å².